The van der Waals surface area contributed by atoms with Crippen LogP contribution in [0.5, 0.6) is 11.5 Å². The minimum Gasteiger partial charge on any atom is -0.481 e. The van der Waals surface area contributed by atoms with Crippen molar-refractivity contribution in [2.24, 2.45) is 17.3 Å². The van der Waals surface area contributed by atoms with Crippen LogP contribution in [0.15, 0.2) is 18.2 Å². The van der Waals surface area contributed by atoms with Gasteiger partial charge in [-0.05, 0) is 23.1 Å². The molecule has 1 N–H and O–H groups in total. The molecule has 2 aliphatic heterocycles. The highest BCUT2D eigenvalue weighted by molar-refractivity contribution is 5.91. The summed E-state index contributed by atoms with van der Waals surface area (Å²) in [6.07, 6.45) is 0. The highest BCUT2D eigenvalue weighted by Gasteiger charge is 2.66. The number of carboxylic acids is 1. The van der Waals surface area contributed by atoms with Crippen molar-refractivity contribution >= 4 is 11.9 Å². The highest BCUT2D eigenvalue weighted by Crippen LogP contribution is 2.59. The molecular weight excluding hydrogens is 336 g/mol. The van der Waals surface area contributed by atoms with Gasteiger partial charge >= 0.3 is 5.97 Å². The number of piperazine rings is 1. The average molecular weight is 360 g/mol. The van der Waals surface area contributed by atoms with Gasteiger partial charge in [-0.15, -0.1) is 0 Å². The van der Waals surface area contributed by atoms with Crippen molar-refractivity contribution in [1.82, 2.24) is 9.80 Å². The molecule has 26 heavy (non-hydrogen) atoms. The fourth-order valence-electron chi connectivity index (χ4n) is 4.18. The maximum absolute atomic E-state index is 12.7. The highest BCUT2D eigenvalue weighted by atomic mass is 16.7. The lowest BCUT2D eigenvalue weighted by Gasteiger charge is -2.35. The first-order valence-electron chi connectivity index (χ1n) is 9.00. The van der Waals surface area contributed by atoms with E-state index in [2.05, 4.69) is 4.90 Å². The summed E-state index contributed by atoms with van der Waals surface area (Å²) in [6, 6.07) is 5.97. The molecule has 0 spiro atoms. The van der Waals surface area contributed by atoms with Crippen molar-refractivity contribution in [3.8, 4) is 11.5 Å². The van der Waals surface area contributed by atoms with E-state index in [1.807, 2.05) is 36.9 Å². The molecule has 2 fully saturated rings. The lowest BCUT2D eigenvalue weighted by Crippen LogP contribution is -2.49. The van der Waals surface area contributed by atoms with Crippen molar-refractivity contribution in [3.63, 3.8) is 0 Å². The zero-order chi connectivity index (χ0) is 18.5. The normalized spacial score (nSPS) is 26.6. The first-order chi connectivity index (χ1) is 12.4. The SMILES string of the molecule is CC1(C)[C@H](C(=O)O)[C@@H]1C(=O)N1CCN(Cc2ccc3c(c2)OCO3)CC1. The van der Waals surface area contributed by atoms with Gasteiger partial charge in [-0.25, -0.2) is 0 Å². The Hall–Kier alpha value is -2.28. The lowest BCUT2D eigenvalue weighted by atomic mass is 10.1. The van der Waals surface area contributed by atoms with E-state index >= 15 is 0 Å². The quantitative estimate of drug-likeness (QED) is 0.875. The Bertz CT molecular complexity index is 739. The van der Waals surface area contributed by atoms with Crippen molar-refractivity contribution in [1.29, 1.82) is 0 Å². The Kier molecular flexibility index (Phi) is 4.06. The second-order valence-electron chi connectivity index (χ2n) is 7.90. The molecule has 140 valence electrons. The average Bonchev–Trinajstić information content (AvgIpc) is 2.95. The number of rotatable bonds is 4. The molecule has 7 nitrogen and oxygen atoms in total. The third-order valence-electron chi connectivity index (χ3n) is 5.89. The molecule has 1 amide bonds. The Labute approximate surface area is 152 Å². The van der Waals surface area contributed by atoms with E-state index in [4.69, 9.17) is 9.47 Å². The molecule has 4 rings (SSSR count). The Morgan fingerprint density at radius 3 is 2.46 bits per heavy atom. The lowest BCUT2D eigenvalue weighted by molar-refractivity contribution is -0.142. The molecule has 2 atom stereocenters. The maximum atomic E-state index is 12.7. The maximum Gasteiger partial charge on any atom is 0.307 e. The Balaban J connectivity index is 1.32. The first-order valence-corrected chi connectivity index (χ1v) is 9.00. The largest absolute Gasteiger partial charge is 0.481 e. The number of amides is 1. The standard InChI is InChI=1S/C19H24N2O5/c1-19(2)15(16(19)18(23)24)17(22)21-7-5-20(6-8-21)10-12-3-4-13-14(9-12)26-11-25-13/h3-4,9,15-16H,5-8,10-11H2,1-2H3,(H,23,24)/t15-,16+/m1/s1. The van der Waals surface area contributed by atoms with Gasteiger partial charge in [0.25, 0.3) is 0 Å². The van der Waals surface area contributed by atoms with Gasteiger partial charge in [0.2, 0.25) is 12.7 Å². The number of benzene rings is 1. The fourth-order valence-corrected chi connectivity index (χ4v) is 4.18. The van der Waals surface area contributed by atoms with E-state index in [1.165, 1.54) is 0 Å². The van der Waals surface area contributed by atoms with Crippen LogP contribution in [0.25, 0.3) is 0 Å². The molecule has 0 unspecified atom stereocenters. The minimum absolute atomic E-state index is 0.00914. The predicted octanol–water partition coefficient (Wildman–Crippen LogP) is 1.42. The summed E-state index contributed by atoms with van der Waals surface area (Å²) in [5, 5.41) is 9.28. The molecule has 1 aromatic rings. The zero-order valence-electron chi connectivity index (χ0n) is 15.1. The van der Waals surface area contributed by atoms with Gasteiger partial charge in [0.15, 0.2) is 11.5 Å². The molecule has 3 aliphatic rings. The number of carbonyl (C=O) groups excluding carboxylic acids is 1. The molecule has 0 bridgehead atoms. The van der Waals surface area contributed by atoms with Crippen molar-refractivity contribution in [2.75, 3.05) is 33.0 Å². The van der Waals surface area contributed by atoms with Gasteiger partial charge in [-0.3, -0.25) is 14.5 Å². The van der Waals surface area contributed by atoms with Crippen molar-refractivity contribution in [3.05, 3.63) is 23.8 Å². The van der Waals surface area contributed by atoms with Crippen LogP contribution in [0.3, 0.4) is 0 Å². The summed E-state index contributed by atoms with van der Waals surface area (Å²) < 4.78 is 10.7. The van der Waals surface area contributed by atoms with Crippen LogP contribution in [0.2, 0.25) is 0 Å². The van der Waals surface area contributed by atoms with Gasteiger partial charge in [-0.2, -0.15) is 0 Å². The van der Waals surface area contributed by atoms with Gasteiger partial charge in [0.05, 0.1) is 11.8 Å². The smallest absolute Gasteiger partial charge is 0.307 e. The van der Waals surface area contributed by atoms with E-state index < -0.39 is 17.3 Å². The second kappa shape index (κ2) is 6.16. The second-order valence-corrected chi connectivity index (χ2v) is 7.90. The van der Waals surface area contributed by atoms with Gasteiger partial charge < -0.3 is 19.5 Å². The monoisotopic (exact) mass is 360 g/mol. The third-order valence-corrected chi connectivity index (χ3v) is 5.89. The summed E-state index contributed by atoms with van der Waals surface area (Å²) in [5.41, 5.74) is 0.718. The van der Waals surface area contributed by atoms with Crippen LogP contribution in [0.1, 0.15) is 19.4 Å². The van der Waals surface area contributed by atoms with Crippen LogP contribution in [-0.2, 0) is 16.1 Å². The third kappa shape index (κ3) is 2.90. The van der Waals surface area contributed by atoms with E-state index in [9.17, 15) is 14.7 Å². The molecule has 1 aromatic carbocycles. The van der Waals surface area contributed by atoms with Gasteiger partial charge in [0, 0.05) is 32.7 Å². The summed E-state index contributed by atoms with van der Waals surface area (Å²) >= 11 is 0. The number of carboxylic acid groups (broad SMARTS) is 1. The predicted molar refractivity (Wildman–Crippen MR) is 92.8 cm³/mol. The molecule has 7 heteroatoms. The summed E-state index contributed by atoms with van der Waals surface area (Å²) in [7, 11) is 0. The molecule has 0 aromatic heterocycles. The molecule has 1 saturated heterocycles. The van der Waals surface area contributed by atoms with Crippen LogP contribution in [0.4, 0.5) is 0 Å². The van der Waals surface area contributed by atoms with Gasteiger partial charge in [0.1, 0.15) is 0 Å². The Morgan fingerprint density at radius 2 is 1.81 bits per heavy atom. The van der Waals surface area contributed by atoms with Crippen molar-refractivity contribution < 1.29 is 24.2 Å². The summed E-state index contributed by atoms with van der Waals surface area (Å²) in [5.74, 6) is -0.252. The van der Waals surface area contributed by atoms with Crippen LogP contribution in [0, 0.1) is 17.3 Å². The number of ether oxygens (including phenoxy) is 2. The summed E-state index contributed by atoms with van der Waals surface area (Å²) in [6.45, 7) is 7.65. The number of aliphatic carboxylic acids is 1. The molecule has 2 heterocycles. The molecule has 0 radical (unpaired) electrons. The topological polar surface area (TPSA) is 79.3 Å². The van der Waals surface area contributed by atoms with Crippen LogP contribution in [-0.4, -0.2) is 59.8 Å². The van der Waals surface area contributed by atoms with E-state index in [1.54, 1.807) is 0 Å². The number of nitrogens with zero attached hydrogens (tertiary/aromatic N) is 2. The number of hydrogen-bond donors (Lipinski definition) is 1. The van der Waals surface area contributed by atoms with E-state index in [0.29, 0.717) is 13.1 Å². The van der Waals surface area contributed by atoms with Crippen LogP contribution >= 0.6 is 0 Å². The molecular formula is C19H24N2O5. The Morgan fingerprint density at radius 1 is 1.12 bits per heavy atom. The first kappa shape index (κ1) is 17.1. The minimum atomic E-state index is -0.866. The zero-order valence-corrected chi connectivity index (χ0v) is 15.1. The van der Waals surface area contributed by atoms with Crippen LogP contribution < -0.4 is 9.47 Å². The number of hydrogen-bond acceptors (Lipinski definition) is 5. The van der Waals surface area contributed by atoms with E-state index in [0.717, 1.165) is 36.7 Å². The van der Waals surface area contributed by atoms with Crippen molar-refractivity contribution in [2.45, 2.75) is 20.4 Å². The molecule has 1 saturated carbocycles. The number of carbonyl (C=O) groups is 2. The van der Waals surface area contributed by atoms with E-state index in [-0.39, 0.29) is 18.6 Å². The number of fused-ring (bicyclic) bond motifs is 1. The van der Waals surface area contributed by atoms with Gasteiger partial charge in [-0.1, -0.05) is 19.9 Å². The fraction of sp³-hybridized carbons (Fsp3) is 0.579. The summed E-state index contributed by atoms with van der Waals surface area (Å²) in [4.78, 5) is 28.1. The molecule has 1 aliphatic carbocycles.